The number of carbonyl (C=O) groups excluding carboxylic acids is 1. The van der Waals surface area contributed by atoms with Crippen LogP contribution in [-0.4, -0.2) is 30.8 Å². The maximum atomic E-state index is 13.2. The molecular formula is C14H20FNO3. The molecule has 0 fully saturated rings. The number of aliphatic hydroxyl groups is 1. The molecular weight excluding hydrogens is 249 g/mol. The Morgan fingerprint density at radius 1 is 1.47 bits per heavy atom. The predicted octanol–water partition coefficient (Wildman–Crippen LogP) is 1.97. The highest BCUT2D eigenvalue weighted by molar-refractivity contribution is 5.94. The summed E-state index contributed by atoms with van der Waals surface area (Å²) >= 11 is 0. The molecule has 0 bridgehead atoms. The fourth-order valence-electron chi connectivity index (χ4n) is 1.84. The van der Waals surface area contributed by atoms with Gasteiger partial charge in [0.2, 0.25) is 0 Å². The smallest absolute Gasteiger partial charge is 0.251 e. The molecule has 2 unspecified atom stereocenters. The second-order valence-electron chi connectivity index (χ2n) is 4.75. The van der Waals surface area contributed by atoms with Crippen LogP contribution >= 0.6 is 0 Å². The molecule has 0 aliphatic heterocycles. The largest absolute Gasteiger partial charge is 0.494 e. The Hall–Kier alpha value is -1.62. The maximum Gasteiger partial charge on any atom is 0.251 e. The molecule has 4 nitrogen and oxygen atoms in total. The van der Waals surface area contributed by atoms with Crippen LogP contribution in [0.5, 0.6) is 5.75 Å². The molecule has 0 radical (unpaired) electrons. The molecule has 0 saturated heterocycles. The Labute approximate surface area is 112 Å². The van der Waals surface area contributed by atoms with E-state index >= 15 is 0 Å². The van der Waals surface area contributed by atoms with Crippen molar-refractivity contribution in [3.8, 4) is 5.75 Å². The highest BCUT2D eigenvalue weighted by Gasteiger charge is 2.12. The molecule has 0 aliphatic rings. The van der Waals surface area contributed by atoms with Gasteiger partial charge in [0.15, 0.2) is 11.6 Å². The summed E-state index contributed by atoms with van der Waals surface area (Å²) in [5.74, 6) is -0.562. The van der Waals surface area contributed by atoms with E-state index < -0.39 is 11.9 Å². The van der Waals surface area contributed by atoms with Crippen molar-refractivity contribution in [2.24, 2.45) is 5.92 Å². The summed E-state index contributed by atoms with van der Waals surface area (Å²) in [5.41, 5.74) is 0.350. The van der Waals surface area contributed by atoms with Gasteiger partial charge in [-0.1, -0.05) is 6.92 Å². The number of aliphatic hydroxyl groups excluding tert-OH is 1. The van der Waals surface area contributed by atoms with E-state index in [-0.39, 0.29) is 17.6 Å². The van der Waals surface area contributed by atoms with E-state index in [9.17, 15) is 14.3 Å². The van der Waals surface area contributed by atoms with Crippen LogP contribution in [0, 0.1) is 11.7 Å². The number of halogens is 1. The van der Waals surface area contributed by atoms with Crippen molar-refractivity contribution < 1.29 is 19.0 Å². The summed E-state index contributed by atoms with van der Waals surface area (Å²) in [6.45, 7) is 4.12. The van der Waals surface area contributed by atoms with E-state index in [1.807, 2.05) is 6.92 Å². The van der Waals surface area contributed by atoms with Crippen LogP contribution in [0.25, 0.3) is 0 Å². The van der Waals surface area contributed by atoms with Gasteiger partial charge in [-0.3, -0.25) is 4.79 Å². The Morgan fingerprint density at radius 3 is 2.74 bits per heavy atom. The summed E-state index contributed by atoms with van der Waals surface area (Å²) in [5, 5.41) is 12.0. The molecule has 1 amide bonds. The van der Waals surface area contributed by atoms with E-state index in [4.69, 9.17) is 4.74 Å². The molecule has 1 rings (SSSR count). The molecule has 0 saturated carbocycles. The molecule has 2 N–H and O–H groups in total. The summed E-state index contributed by atoms with van der Waals surface area (Å²) in [6.07, 6.45) is 0.227. The molecule has 0 spiro atoms. The minimum absolute atomic E-state index is 0.0460. The molecule has 5 heteroatoms. The first-order valence-electron chi connectivity index (χ1n) is 6.23. The lowest BCUT2D eigenvalue weighted by molar-refractivity contribution is 0.0939. The van der Waals surface area contributed by atoms with Crippen molar-refractivity contribution in [1.82, 2.24) is 5.32 Å². The van der Waals surface area contributed by atoms with Crippen LogP contribution < -0.4 is 10.1 Å². The Balaban J connectivity index is 2.58. The maximum absolute atomic E-state index is 13.2. The molecule has 0 aliphatic carbocycles. The lowest BCUT2D eigenvalue weighted by Crippen LogP contribution is -2.29. The van der Waals surface area contributed by atoms with Gasteiger partial charge in [0.25, 0.3) is 5.91 Å². The number of nitrogens with one attached hydrogen (secondary N) is 1. The quantitative estimate of drug-likeness (QED) is 0.830. The van der Waals surface area contributed by atoms with Crippen LogP contribution in [0.2, 0.25) is 0 Å². The Morgan fingerprint density at radius 2 is 2.16 bits per heavy atom. The molecule has 2 atom stereocenters. The second-order valence-corrected chi connectivity index (χ2v) is 4.75. The zero-order valence-electron chi connectivity index (χ0n) is 11.4. The van der Waals surface area contributed by atoms with E-state index in [2.05, 4.69) is 5.32 Å². The topological polar surface area (TPSA) is 58.6 Å². The zero-order valence-corrected chi connectivity index (χ0v) is 11.4. The number of hydrogen-bond acceptors (Lipinski definition) is 3. The third-order valence-electron chi connectivity index (χ3n) is 2.77. The fraction of sp³-hybridized carbons (Fsp3) is 0.500. The number of methoxy groups -OCH3 is 1. The first-order valence-corrected chi connectivity index (χ1v) is 6.23. The third kappa shape index (κ3) is 4.87. The van der Waals surface area contributed by atoms with Crippen LogP contribution in [0.4, 0.5) is 4.39 Å². The van der Waals surface area contributed by atoms with Crippen molar-refractivity contribution in [2.45, 2.75) is 26.4 Å². The number of amides is 1. The van der Waals surface area contributed by atoms with E-state index in [1.165, 1.54) is 25.3 Å². The average Bonchev–Trinajstić information content (AvgIpc) is 2.35. The lowest BCUT2D eigenvalue weighted by atomic mass is 10.0. The van der Waals surface area contributed by atoms with E-state index in [0.717, 1.165) is 0 Å². The van der Waals surface area contributed by atoms with Gasteiger partial charge < -0.3 is 15.2 Å². The zero-order chi connectivity index (χ0) is 14.4. The van der Waals surface area contributed by atoms with E-state index in [0.29, 0.717) is 18.5 Å². The number of carbonyl (C=O) groups is 1. The van der Waals surface area contributed by atoms with Gasteiger partial charge in [0, 0.05) is 12.1 Å². The summed E-state index contributed by atoms with van der Waals surface area (Å²) in [4.78, 5) is 11.9. The highest BCUT2D eigenvalue weighted by atomic mass is 19.1. The minimum atomic E-state index is -0.499. The first-order chi connectivity index (χ1) is 8.93. The first kappa shape index (κ1) is 15.4. The normalized spacial score (nSPS) is 13.7. The Kier molecular flexibility index (Phi) is 5.76. The second kappa shape index (κ2) is 7.09. The standard InChI is InChI=1S/C14H20FNO3/c1-9(6-10(2)17)8-16-14(18)11-4-5-12(15)13(7-11)19-3/h4-5,7,9-10,17H,6,8H2,1-3H3,(H,16,18). The monoisotopic (exact) mass is 269 g/mol. The van der Waals surface area contributed by atoms with Crippen LogP contribution in [0.3, 0.4) is 0 Å². The van der Waals surface area contributed by atoms with Gasteiger partial charge in [-0.2, -0.15) is 0 Å². The molecule has 106 valence electrons. The number of hydrogen-bond donors (Lipinski definition) is 2. The highest BCUT2D eigenvalue weighted by Crippen LogP contribution is 2.18. The van der Waals surface area contributed by atoms with Gasteiger partial charge in [0.1, 0.15) is 0 Å². The van der Waals surface area contributed by atoms with Gasteiger partial charge in [-0.25, -0.2) is 4.39 Å². The van der Waals surface area contributed by atoms with Crippen molar-refractivity contribution in [1.29, 1.82) is 0 Å². The number of ether oxygens (including phenoxy) is 1. The van der Waals surface area contributed by atoms with Crippen molar-refractivity contribution in [2.75, 3.05) is 13.7 Å². The van der Waals surface area contributed by atoms with Crippen molar-refractivity contribution in [3.05, 3.63) is 29.6 Å². The van der Waals surface area contributed by atoms with Crippen molar-refractivity contribution in [3.63, 3.8) is 0 Å². The van der Waals surface area contributed by atoms with E-state index in [1.54, 1.807) is 6.92 Å². The summed E-state index contributed by atoms with van der Waals surface area (Å²) < 4.78 is 18.0. The molecule has 19 heavy (non-hydrogen) atoms. The fourth-order valence-corrected chi connectivity index (χ4v) is 1.84. The van der Waals surface area contributed by atoms with Crippen LogP contribution in [0.1, 0.15) is 30.6 Å². The van der Waals surface area contributed by atoms with Gasteiger partial charge >= 0.3 is 0 Å². The van der Waals surface area contributed by atoms with Crippen LogP contribution in [-0.2, 0) is 0 Å². The molecule has 0 heterocycles. The average molecular weight is 269 g/mol. The van der Waals surface area contributed by atoms with Crippen LogP contribution in [0.15, 0.2) is 18.2 Å². The summed E-state index contributed by atoms with van der Waals surface area (Å²) in [6, 6.07) is 3.98. The molecule has 0 aromatic heterocycles. The Bertz CT molecular complexity index is 435. The molecule has 1 aromatic rings. The predicted molar refractivity (Wildman–Crippen MR) is 70.7 cm³/mol. The SMILES string of the molecule is COc1cc(C(=O)NCC(C)CC(C)O)ccc1F. The summed E-state index contributed by atoms with van der Waals surface area (Å²) in [7, 11) is 1.35. The molecule has 1 aromatic carbocycles. The minimum Gasteiger partial charge on any atom is -0.494 e. The van der Waals surface area contributed by atoms with Gasteiger partial charge in [-0.05, 0) is 37.5 Å². The number of benzene rings is 1. The third-order valence-corrected chi connectivity index (χ3v) is 2.77. The van der Waals surface area contributed by atoms with Crippen molar-refractivity contribution >= 4 is 5.91 Å². The van der Waals surface area contributed by atoms with Gasteiger partial charge in [-0.15, -0.1) is 0 Å². The number of rotatable bonds is 6. The van der Waals surface area contributed by atoms with Gasteiger partial charge in [0.05, 0.1) is 13.2 Å². The lowest BCUT2D eigenvalue weighted by Gasteiger charge is -2.14.